The summed E-state index contributed by atoms with van der Waals surface area (Å²) in [7, 11) is 4.93. The molecule has 0 saturated carbocycles. The van der Waals surface area contributed by atoms with Crippen molar-refractivity contribution in [3.05, 3.63) is 140 Å². The van der Waals surface area contributed by atoms with Crippen LogP contribution in [0.15, 0.2) is 72.8 Å². The molecule has 2 aliphatic rings. The van der Waals surface area contributed by atoms with Crippen LogP contribution in [0.4, 0.5) is 80.6 Å². The molecular weight excluding hydrogens is 1050 g/mol. The second-order valence-electron chi connectivity index (χ2n) is 18.2. The summed E-state index contributed by atoms with van der Waals surface area (Å²) in [5.74, 6) is -0.988. The van der Waals surface area contributed by atoms with Gasteiger partial charge in [-0.15, -0.1) is 0 Å². The van der Waals surface area contributed by atoms with E-state index in [9.17, 15) is 80.6 Å². The van der Waals surface area contributed by atoms with Crippen LogP contribution >= 0.6 is 0 Å². The maximum atomic E-state index is 13.7. The molecule has 2 fully saturated rings. The second-order valence-corrected chi connectivity index (χ2v) is 18.2. The number of ether oxygens (including phenoxy) is 2. The minimum Gasteiger partial charge on any atom is -0.453 e. The summed E-state index contributed by atoms with van der Waals surface area (Å²) in [6, 6.07) is 6.92. The smallest absolute Gasteiger partial charge is 0.416 e. The number of aryl methyl sites for hydroxylation is 2. The van der Waals surface area contributed by atoms with E-state index in [1.54, 1.807) is 13.8 Å². The average Bonchev–Trinajstić information content (AvgIpc) is 3.32. The maximum Gasteiger partial charge on any atom is 0.416 e. The number of hydrogen-bond acceptors (Lipinski definition) is 6. The molecule has 4 atom stereocenters. The number of hydrogen-bond donors (Lipinski definition) is 2. The Kier molecular flexibility index (Phi) is 18.8. The summed E-state index contributed by atoms with van der Waals surface area (Å²) in [6.45, 7) is 2.45. The van der Waals surface area contributed by atoms with Crippen LogP contribution in [0.25, 0.3) is 0 Å². The number of nitrogens with one attached hydrogen (secondary N) is 2. The predicted octanol–water partition coefficient (Wildman–Crippen LogP) is 12.6. The lowest BCUT2D eigenvalue weighted by Gasteiger charge is -2.42. The van der Waals surface area contributed by atoms with Gasteiger partial charge in [0.15, 0.2) is 0 Å². The monoisotopic (exact) mass is 1100 g/mol. The van der Waals surface area contributed by atoms with Gasteiger partial charge >= 0.3 is 49.0 Å². The molecule has 26 heteroatoms. The molecule has 12 nitrogen and oxygen atoms in total. The van der Waals surface area contributed by atoms with Crippen molar-refractivity contribution in [2.45, 2.75) is 101 Å². The van der Waals surface area contributed by atoms with Gasteiger partial charge in [0.05, 0.1) is 48.6 Å². The molecule has 0 aromatic heterocycles. The van der Waals surface area contributed by atoms with Crippen LogP contribution in [0, 0.1) is 25.5 Å². The third-order valence-corrected chi connectivity index (χ3v) is 12.7. The first-order chi connectivity index (χ1) is 35.2. The van der Waals surface area contributed by atoms with Crippen LogP contribution in [0.2, 0.25) is 0 Å². The Morgan fingerprint density at radius 1 is 0.526 bits per heavy atom. The van der Waals surface area contributed by atoms with E-state index in [2.05, 4.69) is 20.1 Å². The number of methoxy groups -OCH3 is 2. The fourth-order valence-corrected chi connectivity index (χ4v) is 9.06. The van der Waals surface area contributed by atoms with Gasteiger partial charge in [0.1, 0.15) is 11.6 Å². The number of rotatable bonds is 8. The van der Waals surface area contributed by atoms with E-state index in [0.717, 1.165) is 9.80 Å². The third-order valence-electron chi connectivity index (χ3n) is 12.7. The molecule has 2 saturated heterocycles. The van der Waals surface area contributed by atoms with Gasteiger partial charge in [-0.3, -0.25) is 0 Å². The molecule has 4 aromatic carbocycles. The van der Waals surface area contributed by atoms with E-state index in [4.69, 9.17) is 0 Å². The Morgan fingerprint density at radius 3 is 1.09 bits per heavy atom. The SMILES string of the molecule is COC(=O)N[C@@H]1CCN(C(=O)N(C)Cc2cc(C(F)(F)F)cc(C(F)(F)F)c2)[C@@H](c2ccc(F)cc2C)C1.COC(=O)N[C@H]1CCN(C(=O)N(C)Cc2cc(C(F)(F)F)cc(C(F)(F)F)c2)[C@H](c2ccc(F)cc2C)C1. The highest BCUT2D eigenvalue weighted by Crippen LogP contribution is 2.40. The van der Waals surface area contributed by atoms with Crippen LogP contribution in [-0.4, -0.2) is 97.3 Å². The minimum absolute atomic E-state index is 0.0255. The van der Waals surface area contributed by atoms with Crippen LogP contribution in [-0.2, 0) is 47.3 Å². The number of alkyl halides is 12. The molecule has 0 bridgehead atoms. The summed E-state index contributed by atoms with van der Waals surface area (Å²) in [4.78, 5) is 55.2. The number of amides is 6. The first kappa shape index (κ1) is 59.9. The van der Waals surface area contributed by atoms with Crippen LogP contribution in [0.1, 0.15) is 93.4 Å². The highest BCUT2D eigenvalue weighted by Gasteiger charge is 2.41. The number of piperidine rings is 2. The quantitative estimate of drug-likeness (QED) is 0.169. The summed E-state index contributed by atoms with van der Waals surface area (Å²) in [5.41, 5.74) is -4.36. The average molecular weight is 1100 g/mol. The van der Waals surface area contributed by atoms with Gasteiger partial charge in [0.25, 0.3) is 0 Å². The normalized spacial score (nSPS) is 18.2. The van der Waals surface area contributed by atoms with Crippen LogP contribution in [0.5, 0.6) is 0 Å². The number of carbonyl (C=O) groups excluding carboxylic acids is 4. The second kappa shape index (κ2) is 23.9. The fraction of sp³-hybridized carbons (Fsp3) is 0.440. The van der Waals surface area contributed by atoms with Crippen LogP contribution < -0.4 is 10.6 Å². The van der Waals surface area contributed by atoms with Gasteiger partial charge in [0.2, 0.25) is 0 Å². The molecule has 0 radical (unpaired) electrons. The molecule has 416 valence electrons. The lowest BCUT2D eigenvalue weighted by molar-refractivity contribution is -0.144. The van der Waals surface area contributed by atoms with Crippen molar-refractivity contribution >= 4 is 24.2 Å². The van der Waals surface area contributed by atoms with E-state index in [-0.39, 0.29) is 49.2 Å². The Balaban J connectivity index is 0.000000281. The number of likely N-dealkylation sites (tertiary alicyclic amines) is 2. The number of carbonyl (C=O) groups is 4. The molecule has 0 aliphatic carbocycles. The van der Waals surface area contributed by atoms with Crippen molar-refractivity contribution in [2.75, 3.05) is 41.4 Å². The van der Waals surface area contributed by atoms with Crippen molar-refractivity contribution < 1.29 is 90.1 Å². The van der Waals surface area contributed by atoms with Gasteiger partial charge in [-0.25, -0.2) is 28.0 Å². The van der Waals surface area contributed by atoms with Gasteiger partial charge in [0, 0.05) is 52.4 Å². The van der Waals surface area contributed by atoms with E-state index in [1.165, 1.54) is 74.5 Å². The zero-order valence-corrected chi connectivity index (χ0v) is 41.4. The number of nitrogens with zero attached hydrogens (tertiary/aromatic N) is 4. The van der Waals surface area contributed by atoms with Gasteiger partial charge in [-0.05, 0) is 134 Å². The van der Waals surface area contributed by atoms with Crippen molar-refractivity contribution in [3.63, 3.8) is 0 Å². The molecule has 2 heterocycles. The van der Waals surface area contributed by atoms with E-state index in [1.807, 2.05) is 0 Å². The first-order valence-electron chi connectivity index (χ1n) is 23.0. The maximum absolute atomic E-state index is 13.7. The molecule has 0 unspecified atom stereocenters. The molecule has 2 N–H and O–H groups in total. The standard InChI is InChI=1S/2C25H26F7N3O3/c2*1-14-8-18(26)4-5-20(14)21-12-19(33-22(36)38-3)6-7-35(21)23(37)34(2)13-15-9-16(24(27,28)29)11-17(10-15)25(30,31)32/h2*4-5,8-11,19,21H,6-7,12-13H2,1-3H3,(H,33,36)/t2*19-,21-/m10/s1. The number of urea groups is 2. The van der Waals surface area contributed by atoms with Crippen molar-refractivity contribution in [1.82, 2.24) is 30.2 Å². The summed E-state index contributed by atoms with van der Waals surface area (Å²) >= 11 is 0. The molecule has 76 heavy (non-hydrogen) atoms. The van der Waals surface area contributed by atoms with E-state index >= 15 is 0 Å². The topological polar surface area (TPSA) is 124 Å². The predicted molar refractivity (Wildman–Crippen MR) is 245 cm³/mol. The first-order valence-corrected chi connectivity index (χ1v) is 23.0. The molecule has 6 rings (SSSR count). The molecule has 4 aromatic rings. The summed E-state index contributed by atoms with van der Waals surface area (Å²) < 4.78 is 196. The third kappa shape index (κ3) is 15.5. The van der Waals surface area contributed by atoms with Crippen LogP contribution in [0.3, 0.4) is 0 Å². The van der Waals surface area contributed by atoms with Gasteiger partial charge < -0.3 is 39.7 Å². The minimum atomic E-state index is -5.02. The largest absolute Gasteiger partial charge is 0.453 e. The molecule has 2 aliphatic heterocycles. The van der Waals surface area contributed by atoms with Gasteiger partial charge in [-0.1, -0.05) is 12.1 Å². The fourth-order valence-electron chi connectivity index (χ4n) is 9.06. The highest BCUT2D eigenvalue weighted by molar-refractivity contribution is 5.76. The zero-order chi connectivity index (χ0) is 56.8. The Bertz CT molecular complexity index is 2490. The lowest BCUT2D eigenvalue weighted by atomic mass is 9.89. The van der Waals surface area contributed by atoms with Crippen molar-refractivity contribution in [1.29, 1.82) is 0 Å². The summed E-state index contributed by atoms with van der Waals surface area (Å²) in [5, 5.41) is 5.34. The van der Waals surface area contributed by atoms with Gasteiger partial charge in [-0.2, -0.15) is 52.7 Å². The van der Waals surface area contributed by atoms with E-state index < -0.39 is 120 Å². The van der Waals surface area contributed by atoms with E-state index in [0.29, 0.717) is 59.4 Å². The zero-order valence-electron chi connectivity index (χ0n) is 41.4. The Hall–Kier alpha value is -7.02. The highest BCUT2D eigenvalue weighted by atomic mass is 19.4. The van der Waals surface area contributed by atoms with Crippen molar-refractivity contribution in [3.8, 4) is 0 Å². The number of benzene rings is 4. The Labute approximate surface area is 426 Å². The lowest BCUT2D eigenvalue weighted by Crippen LogP contribution is -2.51. The van der Waals surface area contributed by atoms with Crippen molar-refractivity contribution in [2.24, 2.45) is 0 Å². The molecular formula is C50H52F14N6O6. The summed E-state index contributed by atoms with van der Waals surface area (Å²) in [6.07, 6.45) is -20.3. The number of alkyl carbamates (subject to hydrolysis) is 2. The Morgan fingerprint density at radius 2 is 0.829 bits per heavy atom. The molecule has 6 amide bonds. The number of halogens is 14. The molecule has 0 spiro atoms.